The number of aryl methyl sites for hydroxylation is 1. The van der Waals surface area contributed by atoms with Gasteiger partial charge in [0.15, 0.2) is 17.3 Å². The number of H-pyrrole nitrogens is 1. The van der Waals surface area contributed by atoms with E-state index in [-0.39, 0.29) is 0 Å². The SMILES string of the molecule is Cc1ncsc1-c1nc2cc3c(cc2[nH]1)OCCCO3. The predicted octanol–water partition coefficient (Wildman–Crippen LogP) is 3.16. The Kier molecular flexibility index (Phi) is 2.63. The van der Waals surface area contributed by atoms with Crippen molar-refractivity contribution in [3.63, 3.8) is 0 Å². The first-order valence-electron chi connectivity index (χ1n) is 6.51. The van der Waals surface area contributed by atoms with Crippen LogP contribution in [-0.4, -0.2) is 28.2 Å². The lowest BCUT2D eigenvalue weighted by Gasteiger charge is -2.05. The van der Waals surface area contributed by atoms with Crippen LogP contribution in [-0.2, 0) is 0 Å². The molecule has 1 aliphatic heterocycles. The fraction of sp³-hybridized carbons (Fsp3) is 0.286. The normalized spacial score (nSPS) is 14.4. The van der Waals surface area contributed by atoms with Crippen LogP contribution in [0.3, 0.4) is 0 Å². The van der Waals surface area contributed by atoms with Crippen LogP contribution >= 0.6 is 11.3 Å². The van der Waals surface area contributed by atoms with Crippen LogP contribution < -0.4 is 9.47 Å². The van der Waals surface area contributed by atoms with E-state index in [1.54, 1.807) is 11.3 Å². The molecule has 0 saturated heterocycles. The van der Waals surface area contributed by atoms with Gasteiger partial charge in [-0.3, -0.25) is 0 Å². The van der Waals surface area contributed by atoms with Crippen molar-refractivity contribution in [2.24, 2.45) is 0 Å². The van der Waals surface area contributed by atoms with Crippen molar-refractivity contribution in [3.8, 4) is 22.2 Å². The molecule has 0 fully saturated rings. The number of hydrogen-bond donors (Lipinski definition) is 1. The zero-order valence-corrected chi connectivity index (χ0v) is 11.8. The number of nitrogens with zero attached hydrogens (tertiary/aromatic N) is 2. The Bertz CT molecular complexity index is 735. The van der Waals surface area contributed by atoms with E-state index < -0.39 is 0 Å². The zero-order chi connectivity index (χ0) is 13.5. The summed E-state index contributed by atoms with van der Waals surface area (Å²) in [5.41, 5.74) is 4.66. The van der Waals surface area contributed by atoms with Gasteiger partial charge in [0, 0.05) is 18.6 Å². The standard InChI is InChI=1S/C14H13N3O2S/c1-8-13(20-7-15-8)14-16-9-5-11-12(6-10(9)17-14)19-4-2-3-18-11/h5-7H,2-4H2,1H3,(H,16,17). The van der Waals surface area contributed by atoms with Crippen LogP contribution in [0.1, 0.15) is 12.1 Å². The Hall–Kier alpha value is -2.08. The number of fused-ring (bicyclic) bond motifs is 2. The van der Waals surface area contributed by atoms with Gasteiger partial charge in [0.05, 0.1) is 40.3 Å². The highest BCUT2D eigenvalue weighted by Gasteiger charge is 2.15. The maximum Gasteiger partial charge on any atom is 0.163 e. The number of nitrogens with one attached hydrogen (secondary N) is 1. The van der Waals surface area contributed by atoms with E-state index in [2.05, 4.69) is 15.0 Å². The second kappa shape index (κ2) is 4.49. The molecule has 20 heavy (non-hydrogen) atoms. The van der Waals surface area contributed by atoms with Crippen molar-refractivity contribution in [1.29, 1.82) is 0 Å². The molecule has 2 aromatic heterocycles. The van der Waals surface area contributed by atoms with E-state index in [1.165, 1.54) is 0 Å². The van der Waals surface area contributed by atoms with Crippen LogP contribution in [0.25, 0.3) is 21.7 Å². The number of imidazole rings is 1. The number of ether oxygens (including phenoxy) is 2. The molecule has 0 aliphatic carbocycles. The summed E-state index contributed by atoms with van der Waals surface area (Å²) in [6.45, 7) is 3.36. The highest BCUT2D eigenvalue weighted by atomic mass is 32.1. The smallest absolute Gasteiger partial charge is 0.163 e. The number of hydrogen-bond acceptors (Lipinski definition) is 5. The largest absolute Gasteiger partial charge is 0.489 e. The van der Waals surface area contributed by atoms with Crippen LogP contribution in [0.5, 0.6) is 11.5 Å². The van der Waals surface area contributed by atoms with Gasteiger partial charge >= 0.3 is 0 Å². The average Bonchev–Trinajstić information content (AvgIpc) is 2.96. The molecule has 5 nitrogen and oxygen atoms in total. The molecule has 3 aromatic rings. The molecule has 4 rings (SSSR count). The van der Waals surface area contributed by atoms with Gasteiger partial charge in [-0.2, -0.15) is 0 Å². The fourth-order valence-electron chi connectivity index (χ4n) is 2.30. The van der Waals surface area contributed by atoms with Gasteiger partial charge < -0.3 is 14.5 Å². The summed E-state index contributed by atoms with van der Waals surface area (Å²) < 4.78 is 11.4. The molecule has 1 aromatic carbocycles. The number of thiazole rings is 1. The van der Waals surface area contributed by atoms with E-state index >= 15 is 0 Å². The number of aromatic nitrogens is 3. The first kappa shape index (κ1) is 11.7. The summed E-state index contributed by atoms with van der Waals surface area (Å²) in [6.07, 6.45) is 0.904. The molecule has 0 atom stereocenters. The van der Waals surface area contributed by atoms with Gasteiger partial charge in [-0.15, -0.1) is 11.3 Å². The molecule has 0 saturated carbocycles. The molecule has 1 aliphatic rings. The third-order valence-corrected chi connectivity index (χ3v) is 4.25. The number of aromatic amines is 1. The maximum absolute atomic E-state index is 5.70. The van der Waals surface area contributed by atoms with E-state index in [0.717, 1.165) is 45.3 Å². The highest BCUT2D eigenvalue weighted by Crippen LogP contribution is 2.35. The Morgan fingerprint density at radius 3 is 2.75 bits per heavy atom. The van der Waals surface area contributed by atoms with E-state index in [0.29, 0.717) is 13.2 Å². The summed E-state index contributed by atoms with van der Waals surface area (Å²) >= 11 is 1.59. The van der Waals surface area contributed by atoms with E-state index in [9.17, 15) is 0 Å². The van der Waals surface area contributed by atoms with Crippen molar-refractivity contribution in [1.82, 2.24) is 15.0 Å². The molecule has 1 N–H and O–H groups in total. The number of benzene rings is 1. The molecule has 0 unspecified atom stereocenters. The Labute approximate surface area is 119 Å². The molecular weight excluding hydrogens is 274 g/mol. The second-order valence-corrected chi connectivity index (χ2v) is 5.57. The maximum atomic E-state index is 5.70. The zero-order valence-electron chi connectivity index (χ0n) is 11.0. The molecule has 0 amide bonds. The lowest BCUT2D eigenvalue weighted by atomic mass is 10.3. The summed E-state index contributed by atoms with van der Waals surface area (Å²) in [5, 5.41) is 0. The van der Waals surface area contributed by atoms with Gasteiger partial charge in [0.2, 0.25) is 0 Å². The Morgan fingerprint density at radius 1 is 1.20 bits per heavy atom. The third kappa shape index (κ3) is 1.84. The van der Waals surface area contributed by atoms with Crippen molar-refractivity contribution < 1.29 is 9.47 Å². The van der Waals surface area contributed by atoms with Crippen LogP contribution in [0.2, 0.25) is 0 Å². The minimum Gasteiger partial charge on any atom is -0.489 e. The van der Waals surface area contributed by atoms with Crippen molar-refractivity contribution in [2.45, 2.75) is 13.3 Å². The molecule has 3 heterocycles. The van der Waals surface area contributed by atoms with Crippen LogP contribution in [0, 0.1) is 6.92 Å². The first-order valence-corrected chi connectivity index (χ1v) is 7.39. The summed E-state index contributed by atoms with van der Waals surface area (Å²) in [5.74, 6) is 2.40. The molecule has 0 bridgehead atoms. The summed E-state index contributed by atoms with van der Waals surface area (Å²) in [4.78, 5) is 13.3. The van der Waals surface area contributed by atoms with E-state index in [4.69, 9.17) is 9.47 Å². The molecule has 102 valence electrons. The third-order valence-electron chi connectivity index (χ3n) is 3.31. The van der Waals surface area contributed by atoms with Crippen LogP contribution in [0.15, 0.2) is 17.6 Å². The molecule has 0 spiro atoms. The monoisotopic (exact) mass is 287 g/mol. The highest BCUT2D eigenvalue weighted by molar-refractivity contribution is 7.13. The first-order chi connectivity index (χ1) is 9.81. The number of rotatable bonds is 1. The quantitative estimate of drug-likeness (QED) is 0.747. The fourth-order valence-corrected chi connectivity index (χ4v) is 3.05. The van der Waals surface area contributed by atoms with Gasteiger partial charge in [-0.1, -0.05) is 0 Å². The lowest BCUT2D eigenvalue weighted by Crippen LogP contribution is -1.97. The van der Waals surface area contributed by atoms with Gasteiger partial charge in [-0.05, 0) is 6.92 Å². The molecule has 0 radical (unpaired) electrons. The topological polar surface area (TPSA) is 60.0 Å². The van der Waals surface area contributed by atoms with Crippen molar-refractivity contribution >= 4 is 22.4 Å². The average molecular weight is 287 g/mol. The van der Waals surface area contributed by atoms with Gasteiger partial charge in [0.25, 0.3) is 0 Å². The summed E-state index contributed by atoms with van der Waals surface area (Å²) in [6, 6.07) is 3.90. The molecular formula is C14H13N3O2S. The van der Waals surface area contributed by atoms with Gasteiger partial charge in [0.1, 0.15) is 0 Å². The molecule has 6 heteroatoms. The van der Waals surface area contributed by atoms with Crippen LogP contribution in [0.4, 0.5) is 0 Å². The van der Waals surface area contributed by atoms with Crippen molar-refractivity contribution in [2.75, 3.05) is 13.2 Å². The van der Waals surface area contributed by atoms with Gasteiger partial charge in [-0.25, -0.2) is 9.97 Å². The summed E-state index contributed by atoms with van der Waals surface area (Å²) in [7, 11) is 0. The lowest BCUT2D eigenvalue weighted by molar-refractivity contribution is 0.297. The Balaban J connectivity index is 1.86. The van der Waals surface area contributed by atoms with E-state index in [1.807, 2.05) is 24.6 Å². The Morgan fingerprint density at radius 2 is 2.00 bits per heavy atom. The predicted molar refractivity (Wildman–Crippen MR) is 77.5 cm³/mol. The minimum absolute atomic E-state index is 0.684. The minimum atomic E-state index is 0.684. The van der Waals surface area contributed by atoms with Crippen molar-refractivity contribution in [3.05, 3.63) is 23.3 Å². The second-order valence-electron chi connectivity index (χ2n) is 4.72.